The lowest BCUT2D eigenvalue weighted by Crippen LogP contribution is -2.03. The predicted octanol–water partition coefficient (Wildman–Crippen LogP) is 2.32. The van der Waals surface area contributed by atoms with Crippen LogP contribution in [-0.4, -0.2) is 26.1 Å². The van der Waals surface area contributed by atoms with E-state index in [9.17, 15) is 4.79 Å². The van der Waals surface area contributed by atoms with Gasteiger partial charge in [0.2, 0.25) is 0 Å². The minimum absolute atomic E-state index is 0.0834. The molecule has 0 bridgehead atoms. The van der Waals surface area contributed by atoms with Gasteiger partial charge in [-0.05, 0) is 13.0 Å². The Morgan fingerprint density at radius 2 is 2.18 bits per heavy atom. The third-order valence-electron chi connectivity index (χ3n) is 2.37. The summed E-state index contributed by atoms with van der Waals surface area (Å²) < 4.78 is 1.52. The van der Waals surface area contributed by atoms with Gasteiger partial charge in [0, 0.05) is 12.1 Å². The van der Waals surface area contributed by atoms with Crippen molar-refractivity contribution in [3.8, 4) is 11.3 Å². The minimum atomic E-state index is -1.11. The fraction of sp³-hybridized carbons (Fsp3) is 0.182. The van der Waals surface area contributed by atoms with Gasteiger partial charge in [-0.3, -0.25) is 0 Å². The zero-order valence-electron chi connectivity index (χ0n) is 9.09. The zero-order chi connectivity index (χ0) is 12.4. The summed E-state index contributed by atoms with van der Waals surface area (Å²) in [5.74, 6) is -1.11. The molecule has 1 aromatic carbocycles. The van der Waals surface area contributed by atoms with Gasteiger partial charge in [-0.25, -0.2) is 9.48 Å². The zero-order valence-corrected chi connectivity index (χ0v) is 9.85. The van der Waals surface area contributed by atoms with E-state index in [2.05, 4.69) is 10.3 Å². The van der Waals surface area contributed by atoms with Crippen LogP contribution < -0.4 is 0 Å². The van der Waals surface area contributed by atoms with Gasteiger partial charge in [-0.2, -0.15) is 0 Å². The number of aromatic carboxylic acids is 1. The summed E-state index contributed by atoms with van der Waals surface area (Å²) in [7, 11) is 0. The van der Waals surface area contributed by atoms with Crippen LogP contribution in [0.3, 0.4) is 0 Å². The molecule has 17 heavy (non-hydrogen) atoms. The van der Waals surface area contributed by atoms with Crippen molar-refractivity contribution in [3.63, 3.8) is 0 Å². The molecule has 88 valence electrons. The maximum atomic E-state index is 11.1. The fourth-order valence-electron chi connectivity index (χ4n) is 1.60. The van der Waals surface area contributed by atoms with Crippen molar-refractivity contribution >= 4 is 17.6 Å². The van der Waals surface area contributed by atoms with Crippen LogP contribution in [0.1, 0.15) is 17.4 Å². The van der Waals surface area contributed by atoms with E-state index in [1.165, 1.54) is 4.68 Å². The van der Waals surface area contributed by atoms with Crippen molar-refractivity contribution in [2.45, 2.75) is 13.5 Å². The van der Waals surface area contributed by atoms with Crippen LogP contribution in [0, 0.1) is 0 Å². The van der Waals surface area contributed by atoms with Gasteiger partial charge in [-0.15, -0.1) is 5.10 Å². The second-order valence-electron chi connectivity index (χ2n) is 3.39. The Hall–Kier alpha value is -1.88. The number of aromatic nitrogens is 3. The highest BCUT2D eigenvalue weighted by molar-refractivity contribution is 6.33. The first-order valence-corrected chi connectivity index (χ1v) is 5.44. The van der Waals surface area contributed by atoms with Crippen LogP contribution in [0.15, 0.2) is 24.3 Å². The molecule has 0 aliphatic heterocycles. The molecule has 0 unspecified atom stereocenters. The van der Waals surface area contributed by atoms with E-state index in [1.807, 2.05) is 6.92 Å². The lowest BCUT2D eigenvalue weighted by molar-refractivity contribution is 0.0691. The molecule has 2 aromatic rings. The highest BCUT2D eigenvalue weighted by atomic mass is 35.5. The number of carboxylic acid groups (broad SMARTS) is 1. The first kappa shape index (κ1) is 11.6. The van der Waals surface area contributed by atoms with E-state index < -0.39 is 5.97 Å². The Balaban J connectivity index is 2.69. The molecule has 1 aromatic heterocycles. The first-order chi connectivity index (χ1) is 8.15. The molecule has 0 atom stereocenters. The first-order valence-electron chi connectivity index (χ1n) is 5.06. The van der Waals surface area contributed by atoms with E-state index in [-0.39, 0.29) is 5.69 Å². The molecule has 0 radical (unpaired) electrons. The van der Waals surface area contributed by atoms with Crippen LogP contribution in [0.2, 0.25) is 5.02 Å². The Labute approximate surface area is 103 Å². The quantitative estimate of drug-likeness (QED) is 0.909. The van der Waals surface area contributed by atoms with E-state index >= 15 is 0 Å². The summed E-state index contributed by atoms with van der Waals surface area (Å²) in [5.41, 5.74) is 0.976. The molecule has 0 saturated carbocycles. The van der Waals surface area contributed by atoms with Gasteiger partial charge in [0.25, 0.3) is 0 Å². The van der Waals surface area contributed by atoms with E-state index in [0.29, 0.717) is 22.8 Å². The normalized spacial score (nSPS) is 10.5. The summed E-state index contributed by atoms with van der Waals surface area (Å²) in [6.45, 7) is 2.39. The van der Waals surface area contributed by atoms with Gasteiger partial charge in [0.05, 0.1) is 5.02 Å². The molecule has 0 aliphatic rings. The Bertz CT molecular complexity index is 566. The summed E-state index contributed by atoms with van der Waals surface area (Å²) in [4.78, 5) is 11.1. The number of carbonyl (C=O) groups is 1. The second kappa shape index (κ2) is 4.55. The predicted molar refractivity (Wildman–Crippen MR) is 63.1 cm³/mol. The molecule has 0 spiro atoms. The average Bonchev–Trinajstić information content (AvgIpc) is 2.73. The molecule has 0 saturated heterocycles. The molecule has 0 aliphatic carbocycles. The third kappa shape index (κ3) is 2.01. The van der Waals surface area contributed by atoms with Crippen LogP contribution in [0.25, 0.3) is 11.3 Å². The number of hydrogen-bond donors (Lipinski definition) is 1. The Morgan fingerprint density at radius 1 is 1.47 bits per heavy atom. The molecule has 0 amide bonds. The molecule has 2 rings (SSSR count). The number of hydrogen-bond acceptors (Lipinski definition) is 3. The van der Waals surface area contributed by atoms with Crippen LogP contribution in [-0.2, 0) is 6.54 Å². The topological polar surface area (TPSA) is 68.0 Å². The molecular formula is C11H10ClN3O2. The number of carboxylic acids is 1. The lowest BCUT2D eigenvalue weighted by Gasteiger charge is -2.06. The molecular weight excluding hydrogens is 242 g/mol. The average molecular weight is 252 g/mol. The summed E-state index contributed by atoms with van der Waals surface area (Å²) in [5, 5.41) is 17.0. The fourth-order valence-corrected chi connectivity index (χ4v) is 1.82. The van der Waals surface area contributed by atoms with Crippen LogP contribution >= 0.6 is 11.6 Å². The Morgan fingerprint density at radius 3 is 2.76 bits per heavy atom. The second-order valence-corrected chi connectivity index (χ2v) is 3.79. The van der Waals surface area contributed by atoms with Crippen molar-refractivity contribution in [1.82, 2.24) is 15.0 Å². The van der Waals surface area contributed by atoms with Crippen molar-refractivity contribution in [2.24, 2.45) is 0 Å². The standard InChI is InChI=1S/C11H10ClN3O2/c1-2-15-10(9(11(16)17)13-14-15)7-5-3-4-6-8(7)12/h3-6H,2H2,1H3,(H,16,17). The number of benzene rings is 1. The monoisotopic (exact) mass is 251 g/mol. The lowest BCUT2D eigenvalue weighted by atomic mass is 10.1. The summed E-state index contributed by atoms with van der Waals surface area (Å²) in [6, 6.07) is 7.03. The highest BCUT2D eigenvalue weighted by Gasteiger charge is 2.21. The number of rotatable bonds is 3. The maximum Gasteiger partial charge on any atom is 0.358 e. The number of halogens is 1. The Kier molecular flexibility index (Phi) is 3.10. The maximum absolute atomic E-state index is 11.1. The van der Waals surface area contributed by atoms with E-state index in [4.69, 9.17) is 16.7 Å². The minimum Gasteiger partial charge on any atom is -0.476 e. The third-order valence-corrected chi connectivity index (χ3v) is 2.70. The van der Waals surface area contributed by atoms with Crippen LogP contribution in [0.5, 0.6) is 0 Å². The molecule has 0 fully saturated rings. The number of aryl methyl sites for hydroxylation is 1. The smallest absolute Gasteiger partial charge is 0.358 e. The summed E-state index contributed by atoms with van der Waals surface area (Å²) >= 11 is 6.06. The van der Waals surface area contributed by atoms with Gasteiger partial charge in [0.1, 0.15) is 5.69 Å². The molecule has 1 N–H and O–H groups in total. The van der Waals surface area contributed by atoms with Gasteiger partial charge in [-0.1, -0.05) is 35.0 Å². The van der Waals surface area contributed by atoms with Gasteiger partial charge in [0.15, 0.2) is 5.69 Å². The molecule has 5 nitrogen and oxygen atoms in total. The molecule has 1 heterocycles. The van der Waals surface area contributed by atoms with Gasteiger partial charge >= 0.3 is 5.97 Å². The van der Waals surface area contributed by atoms with E-state index in [1.54, 1.807) is 24.3 Å². The van der Waals surface area contributed by atoms with Crippen molar-refractivity contribution in [2.75, 3.05) is 0 Å². The summed E-state index contributed by atoms with van der Waals surface area (Å²) in [6.07, 6.45) is 0. The van der Waals surface area contributed by atoms with Crippen LogP contribution in [0.4, 0.5) is 0 Å². The van der Waals surface area contributed by atoms with Crippen molar-refractivity contribution < 1.29 is 9.90 Å². The largest absolute Gasteiger partial charge is 0.476 e. The van der Waals surface area contributed by atoms with Crippen molar-refractivity contribution in [1.29, 1.82) is 0 Å². The highest BCUT2D eigenvalue weighted by Crippen LogP contribution is 2.29. The SMILES string of the molecule is CCn1nnc(C(=O)O)c1-c1ccccc1Cl. The number of nitrogens with zero attached hydrogens (tertiary/aromatic N) is 3. The van der Waals surface area contributed by atoms with Gasteiger partial charge < -0.3 is 5.11 Å². The molecule has 6 heteroatoms. The van der Waals surface area contributed by atoms with E-state index in [0.717, 1.165) is 0 Å². The van der Waals surface area contributed by atoms with Crippen molar-refractivity contribution in [3.05, 3.63) is 35.0 Å².